The van der Waals surface area contributed by atoms with Crippen LogP contribution in [0, 0.1) is 0 Å². The first kappa shape index (κ1) is 32.4. The number of nitrogens with two attached hydrogens (primary N) is 2. The summed E-state index contributed by atoms with van der Waals surface area (Å²) in [6.07, 6.45) is -6.33. The van der Waals surface area contributed by atoms with Crippen LogP contribution in [-0.4, -0.2) is 103 Å². The lowest BCUT2D eigenvalue weighted by molar-refractivity contribution is -0.0814. The molecule has 26 heteroatoms. The lowest BCUT2D eigenvalue weighted by Gasteiger charge is -2.34. The third kappa shape index (κ3) is 5.93. The van der Waals surface area contributed by atoms with Crippen molar-refractivity contribution in [2.75, 3.05) is 30.4 Å². The van der Waals surface area contributed by atoms with E-state index in [1.807, 2.05) is 0 Å². The molecule has 0 amide bonds. The summed E-state index contributed by atoms with van der Waals surface area (Å²) in [5.41, 5.74) is 8.09. The van der Waals surface area contributed by atoms with Crippen LogP contribution in [0.15, 0.2) is 17.4 Å². The molecule has 45 heavy (non-hydrogen) atoms. The second kappa shape index (κ2) is 12.3. The van der Waals surface area contributed by atoms with Gasteiger partial charge in [0.25, 0.3) is 5.56 Å². The minimum Gasteiger partial charge on any atom is -0.387 e. The predicted molar refractivity (Wildman–Crippen MR) is 160 cm³/mol. The molecule has 0 aromatic carbocycles. The molecule has 19 nitrogen and oxygen atoms in total. The average molecular weight is 729 g/mol. The molecule has 0 radical (unpaired) electrons. The summed E-state index contributed by atoms with van der Waals surface area (Å²) in [7, 11) is -2.38. The zero-order valence-electron chi connectivity index (χ0n) is 22.2. The van der Waals surface area contributed by atoms with E-state index in [9.17, 15) is 19.4 Å². The zero-order valence-corrected chi connectivity index (χ0v) is 26.5. The van der Waals surface area contributed by atoms with Gasteiger partial charge in [0.15, 0.2) is 41.2 Å². The van der Waals surface area contributed by atoms with Crippen LogP contribution in [0.25, 0.3) is 22.3 Å². The molecule has 0 bridgehead atoms. The summed E-state index contributed by atoms with van der Waals surface area (Å²) in [6, 6.07) is 0. The standard InChI is InChI=1S/C19H21F2N11O8P2S3/c20-8-11(33)6(39-17(8)31-5-26-9-13(22)24-4-25-14(9)31)1-38-42(36,44)40-19(3-45-7(12(19)21)2-37-41(35)43)32-15-10(29-30-32)16(34)28-18(23)27-15/h4-8,11-12,17,33H,1-3H2,(H6-,22,23,24,25,27,28,30,34,35,36,43,44)/p+1/t6-,7-,8+,11-,12-,17-,19-,42?/m1/s1. The van der Waals surface area contributed by atoms with Gasteiger partial charge in [-0.1, -0.05) is 5.21 Å². The van der Waals surface area contributed by atoms with E-state index in [4.69, 9.17) is 41.6 Å². The van der Waals surface area contributed by atoms with Gasteiger partial charge in [0.05, 0.1) is 18.2 Å². The highest BCUT2D eigenvalue weighted by Gasteiger charge is 2.58. The van der Waals surface area contributed by atoms with Gasteiger partial charge in [-0.3, -0.25) is 18.9 Å². The molecule has 7 N–H and O–H groups in total. The summed E-state index contributed by atoms with van der Waals surface area (Å²) in [5.74, 6) is -0.607. The number of nitrogens with zero attached hydrogens (tertiary/aromatic N) is 8. The number of aromatic nitrogens is 9. The maximum atomic E-state index is 16.3. The van der Waals surface area contributed by atoms with Gasteiger partial charge in [-0.15, -0.1) is 21.4 Å². The number of ether oxygens (including phenoxy) is 1. The molecule has 2 aliphatic heterocycles. The van der Waals surface area contributed by atoms with Gasteiger partial charge in [-0.05, 0) is 16.4 Å². The van der Waals surface area contributed by atoms with Crippen molar-refractivity contribution < 1.29 is 41.7 Å². The number of aliphatic hydroxyl groups is 1. The number of aromatic amines is 1. The van der Waals surface area contributed by atoms with Crippen LogP contribution in [0.5, 0.6) is 0 Å². The van der Waals surface area contributed by atoms with Crippen molar-refractivity contribution in [1.82, 2.24) is 44.5 Å². The van der Waals surface area contributed by atoms with E-state index in [1.54, 1.807) is 0 Å². The van der Waals surface area contributed by atoms with Crippen molar-refractivity contribution in [2.45, 2.75) is 41.8 Å². The number of rotatable bonds is 10. The number of aliphatic hydroxyl groups excluding tert-OH is 1. The number of anilines is 2. The first-order valence-corrected chi connectivity index (χ1v) is 18.5. The Bertz CT molecular complexity index is 1890. The summed E-state index contributed by atoms with van der Waals surface area (Å²) in [4.78, 5) is 41.7. The molecule has 242 valence electrons. The number of alkyl halides is 2. The Morgan fingerprint density at radius 2 is 2.07 bits per heavy atom. The van der Waals surface area contributed by atoms with Crippen molar-refractivity contribution in [2.24, 2.45) is 0 Å². The van der Waals surface area contributed by atoms with E-state index in [0.29, 0.717) is 0 Å². The molecule has 2 fully saturated rings. The maximum absolute atomic E-state index is 16.3. The molecule has 0 saturated carbocycles. The molecule has 9 atom stereocenters. The molecule has 0 spiro atoms. The van der Waals surface area contributed by atoms with Crippen LogP contribution in [0.1, 0.15) is 6.23 Å². The van der Waals surface area contributed by atoms with Crippen molar-refractivity contribution in [1.29, 1.82) is 0 Å². The minimum atomic E-state index is -4.51. The van der Waals surface area contributed by atoms with Gasteiger partial charge >= 0.3 is 13.9 Å². The Balaban J connectivity index is 1.25. The summed E-state index contributed by atoms with van der Waals surface area (Å²) < 4.78 is 66.8. The van der Waals surface area contributed by atoms with Crippen LogP contribution in [-0.2, 0) is 40.4 Å². The highest BCUT2D eigenvalue weighted by atomic mass is 32.7. The highest BCUT2D eigenvalue weighted by Crippen LogP contribution is 2.56. The summed E-state index contributed by atoms with van der Waals surface area (Å²) in [6.45, 7) is -5.61. The SMILES string of the molecule is Nc1nc2c(nnn2[C@@]2(OP(O)(=S)OC[C@H]3O[C@@H](n4cnc5c(N)ncnc54)[C@@H](F)[C@@H]3O)CS[C@H](CO[P+](=O)S)[C@H]2F)c(=O)[nH]1. The van der Waals surface area contributed by atoms with Gasteiger partial charge in [-0.2, -0.15) is 9.67 Å². The lowest BCUT2D eigenvalue weighted by atomic mass is 10.1. The second-order valence-electron chi connectivity index (χ2n) is 9.69. The quantitative estimate of drug-likeness (QED) is 0.0932. The van der Waals surface area contributed by atoms with E-state index in [1.165, 1.54) is 10.9 Å². The molecular formula is C19H22F2N11O8P2S3+. The molecular weight excluding hydrogens is 706 g/mol. The predicted octanol–water partition coefficient (Wildman–Crippen LogP) is 0.0754. The van der Waals surface area contributed by atoms with Crippen molar-refractivity contribution in [3.05, 3.63) is 23.0 Å². The number of thiol groups is 1. The zero-order chi connectivity index (χ0) is 32.3. The highest BCUT2D eigenvalue weighted by molar-refractivity contribution is 8.39. The Hall–Kier alpha value is -2.50. The Labute approximate surface area is 264 Å². The normalized spacial score (nSPS) is 30.3. The van der Waals surface area contributed by atoms with E-state index in [2.05, 4.69) is 47.5 Å². The Morgan fingerprint density at radius 3 is 2.82 bits per heavy atom. The molecule has 2 saturated heterocycles. The Morgan fingerprint density at radius 1 is 1.29 bits per heavy atom. The monoisotopic (exact) mass is 728 g/mol. The first-order valence-electron chi connectivity index (χ1n) is 12.6. The Kier molecular flexibility index (Phi) is 8.84. The topological polar surface area (TPSA) is 267 Å². The molecule has 2 unspecified atom stereocenters. The molecule has 4 aromatic rings. The fourth-order valence-electron chi connectivity index (χ4n) is 4.86. The van der Waals surface area contributed by atoms with E-state index >= 15 is 8.78 Å². The molecule has 6 heterocycles. The van der Waals surface area contributed by atoms with Crippen molar-refractivity contribution >= 4 is 83.9 Å². The number of hydrogen-bond acceptors (Lipinski definition) is 17. The number of nitrogens with one attached hydrogen (secondary N) is 1. The van der Waals surface area contributed by atoms with Crippen LogP contribution in [0.2, 0.25) is 0 Å². The third-order valence-corrected chi connectivity index (χ3v) is 10.6. The molecule has 6 rings (SSSR count). The van der Waals surface area contributed by atoms with Crippen LogP contribution >= 0.6 is 38.0 Å². The van der Waals surface area contributed by atoms with Crippen LogP contribution in [0.4, 0.5) is 20.5 Å². The summed E-state index contributed by atoms with van der Waals surface area (Å²) >= 11 is 9.80. The number of nitrogen functional groups attached to an aromatic ring is 2. The third-order valence-electron chi connectivity index (χ3n) is 6.93. The largest absolute Gasteiger partial charge is 0.582 e. The average Bonchev–Trinajstić information content (AvgIpc) is 3.73. The van der Waals surface area contributed by atoms with Crippen molar-refractivity contribution in [3.63, 3.8) is 0 Å². The lowest BCUT2D eigenvalue weighted by Crippen LogP contribution is -2.47. The molecule has 2 aliphatic rings. The van der Waals surface area contributed by atoms with E-state index < -0.39 is 74.5 Å². The maximum Gasteiger partial charge on any atom is 0.582 e. The number of H-pyrrole nitrogens is 1. The second-order valence-corrected chi connectivity index (χ2v) is 15.4. The number of imidazole rings is 1. The van der Waals surface area contributed by atoms with Crippen LogP contribution in [0.3, 0.4) is 0 Å². The van der Waals surface area contributed by atoms with E-state index in [0.717, 1.165) is 22.8 Å². The first-order chi connectivity index (χ1) is 21.3. The molecule has 0 aliphatic carbocycles. The number of hydrogen-bond donors (Lipinski definition) is 6. The summed E-state index contributed by atoms with van der Waals surface area (Å²) in [5, 5.41) is 17.1. The van der Waals surface area contributed by atoms with Crippen LogP contribution < -0.4 is 17.0 Å². The smallest absolute Gasteiger partial charge is 0.387 e. The van der Waals surface area contributed by atoms with Gasteiger partial charge in [0, 0.05) is 5.75 Å². The van der Waals surface area contributed by atoms with Gasteiger partial charge in [-0.25, -0.2) is 23.7 Å². The number of halogens is 2. The van der Waals surface area contributed by atoms with Gasteiger partial charge < -0.3 is 30.7 Å². The van der Waals surface area contributed by atoms with E-state index in [-0.39, 0.29) is 39.8 Å². The van der Waals surface area contributed by atoms with Gasteiger partial charge in [0.2, 0.25) is 11.7 Å². The van der Waals surface area contributed by atoms with Crippen molar-refractivity contribution in [3.8, 4) is 0 Å². The fraction of sp³-hybridized carbons (Fsp3) is 0.526. The van der Waals surface area contributed by atoms with Gasteiger partial charge in [0.1, 0.15) is 42.9 Å². The number of thioether (sulfide) groups is 1. The molecule has 4 aromatic heterocycles. The number of fused-ring (bicyclic) bond motifs is 2. The fourth-order valence-corrected chi connectivity index (χ4v) is 8.47. The minimum absolute atomic E-state index is 0.0479.